The first-order valence-corrected chi connectivity index (χ1v) is 8.62. The molecule has 8 heteroatoms. The zero-order chi connectivity index (χ0) is 18.4. The van der Waals surface area contributed by atoms with Gasteiger partial charge in [0.2, 0.25) is 11.8 Å². The second kappa shape index (κ2) is 8.82. The summed E-state index contributed by atoms with van der Waals surface area (Å²) in [5, 5.41) is 3.16. The third-order valence-electron chi connectivity index (χ3n) is 4.27. The van der Waals surface area contributed by atoms with Crippen LogP contribution in [0.1, 0.15) is 6.92 Å². The number of hydrogen-bond donors (Lipinski definition) is 2. The molecule has 1 fully saturated rings. The minimum atomic E-state index is -0.291. The van der Waals surface area contributed by atoms with Crippen molar-refractivity contribution in [1.29, 1.82) is 0 Å². The molecule has 0 aromatic heterocycles. The van der Waals surface area contributed by atoms with E-state index in [1.807, 2.05) is 0 Å². The van der Waals surface area contributed by atoms with E-state index in [0.29, 0.717) is 30.3 Å². The topological polar surface area (TPSA) is 74.2 Å². The molecule has 3 amide bonds. The van der Waals surface area contributed by atoms with Crippen LogP contribution in [0, 0.1) is 0 Å². The Bertz CT molecular complexity index is 645. The molecule has 25 heavy (non-hydrogen) atoms. The summed E-state index contributed by atoms with van der Waals surface area (Å²) >= 11 is 6.00. The number of carbonyl (C=O) groups is 3. The Morgan fingerprint density at radius 2 is 1.88 bits per heavy atom. The van der Waals surface area contributed by atoms with E-state index in [9.17, 15) is 14.4 Å². The predicted molar refractivity (Wildman–Crippen MR) is 95.5 cm³/mol. The van der Waals surface area contributed by atoms with Crippen LogP contribution in [-0.2, 0) is 14.4 Å². The van der Waals surface area contributed by atoms with Crippen LogP contribution in [-0.4, -0.2) is 73.8 Å². The molecule has 0 spiro atoms. The van der Waals surface area contributed by atoms with Gasteiger partial charge in [-0.1, -0.05) is 23.7 Å². The van der Waals surface area contributed by atoms with Crippen LogP contribution in [0.15, 0.2) is 24.3 Å². The van der Waals surface area contributed by atoms with Crippen LogP contribution in [0.4, 0.5) is 5.69 Å². The largest absolute Gasteiger partial charge is 0.332 e. The van der Waals surface area contributed by atoms with Gasteiger partial charge in [0.05, 0.1) is 43.4 Å². The van der Waals surface area contributed by atoms with E-state index in [1.54, 1.807) is 43.1 Å². The third kappa shape index (κ3) is 5.72. The second-order valence-electron chi connectivity index (χ2n) is 6.21. The van der Waals surface area contributed by atoms with Gasteiger partial charge < -0.3 is 20.0 Å². The highest BCUT2D eigenvalue weighted by atomic mass is 35.5. The van der Waals surface area contributed by atoms with Crippen LogP contribution in [0.25, 0.3) is 0 Å². The van der Waals surface area contributed by atoms with Crippen LogP contribution in [0.5, 0.6) is 0 Å². The van der Waals surface area contributed by atoms with E-state index in [2.05, 4.69) is 5.32 Å². The summed E-state index contributed by atoms with van der Waals surface area (Å²) < 4.78 is 0. The van der Waals surface area contributed by atoms with Crippen molar-refractivity contribution in [2.75, 3.05) is 51.6 Å². The van der Waals surface area contributed by atoms with E-state index >= 15 is 0 Å². The number of amides is 3. The Morgan fingerprint density at radius 1 is 1.24 bits per heavy atom. The summed E-state index contributed by atoms with van der Waals surface area (Å²) in [6.45, 7) is 4.65. The van der Waals surface area contributed by atoms with Gasteiger partial charge in [-0.3, -0.25) is 14.4 Å². The third-order valence-corrected chi connectivity index (χ3v) is 4.60. The first-order valence-electron chi connectivity index (χ1n) is 8.24. The van der Waals surface area contributed by atoms with Gasteiger partial charge >= 0.3 is 0 Å². The average molecular weight is 368 g/mol. The van der Waals surface area contributed by atoms with Crippen molar-refractivity contribution in [2.45, 2.75) is 6.92 Å². The maximum Gasteiger partial charge on any atom is 0.277 e. The second-order valence-corrected chi connectivity index (χ2v) is 6.62. The lowest BCUT2D eigenvalue weighted by Gasteiger charge is -2.31. The van der Waals surface area contributed by atoms with E-state index < -0.39 is 0 Å². The van der Waals surface area contributed by atoms with Crippen molar-refractivity contribution in [3.8, 4) is 0 Å². The molecule has 1 aromatic carbocycles. The molecular weight excluding hydrogens is 344 g/mol. The normalized spacial score (nSPS) is 14.9. The Balaban J connectivity index is 1.77. The minimum Gasteiger partial charge on any atom is -0.332 e. The molecule has 0 aliphatic carbocycles. The van der Waals surface area contributed by atoms with Gasteiger partial charge in [-0.25, -0.2) is 0 Å². The molecule has 0 saturated carbocycles. The molecule has 1 aromatic rings. The Morgan fingerprint density at radius 3 is 2.48 bits per heavy atom. The van der Waals surface area contributed by atoms with Crippen molar-refractivity contribution in [1.82, 2.24) is 9.80 Å². The Hall–Kier alpha value is -2.12. The zero-order valence-corrected chi connectivity index (χ0v) is 15.3. The highest BCUT2D eigenvalue weighted by Gasteiger charge is 2.25. The summed E-state index contributed by atoms with van der Waals surface area (Å²) in [6.07, 6.45) is 0. The first-order chi connectivity index (χ1) is 11.9. The lowest BCUT2D eigenvalue weighted by Crippen LogP contribution is -3.15. The number of likely N-dealkylation sites (N-methyl/N-ethyl adjacent to an activating group) is 1. The number of rotatable bonds is 5. The fraction of sp³-hybridized carbons (Fsp3) is 0.471. The highest BCUT2D eigenvalue weighted by molar-refractivity contribution is 6.33. The molecule has 7 nitrogen and oxygen atoms in total. The molecule has 1 aliphatic rings. The number of hydrogen-bond acceptors (Lipinski definition) is 3. The first kappa shape index (κ1) is 19.2. The highest BCUT2D eigenvalue weighted by Crippen LogP contribution is 2.20. The number of nitrogens with one attached hydrogen (secondary N) is 2. The van der Waals surface area contributed by atoms with Crippen LogP contribution in [0.2, 0.25) is 5.02 Å². The van der Waals surface area contributed by atoms with Gasteiger partial charge in [-0.05, 0) is 12.1 Å². The zero-order valence-electron chi connectivity index (χ0n) is 14.5. The summed E-state index contributed by atoms with van der Waals surface area (Å²) in [5.41, 5.74) is 0.529. The van der Waals surface area contributed by atoms with E-state index in [0.717, 1.165) is 18.0 Å². The summed E-state index contributed by atoms with van der Waals surface area (Å²) in [4.78, 5) is 40.0. The number of nitrogens with zero attached hydrogens (tertiary/aromatic N) is 2. The minimum absolute atomic E-state index is 0.0308. The number of halogens is 1. The SMILES string of the molecule is CC(=O)N1CC[NH+](CC(=O)N(C)CC(=O)Nc2ccccc2Cl)CC1. The number of para-hydroxylation sites is 1. The predicted octanol–water partition coefficient (Wildman–Crippen LogP) is -0.516. The fourth-order valence-electron chi connectivity index (χ4n) is 2.72. The van der Waals surface area contributed by atoms with Crippen LogP contribution < -0.4 is 10.2 Å². The van der Waals surface area contributed by atoms with E-state index in [4.69, 9.17) is 11.6 Å². The van der Waals surface area contributed by atoms with Gasteiger partial charge in [-0.15, -0.1) is 0 Å². The van der Waals surface area contributed by atoms with Gasteiger partial charge in [0.1, 0.15) is 0 Å². The molecule has 1 saturated heterocycles. The molecule has 0 atom stereocenters. The molecule has 0 bridgehead atoms. The van der Waals surface area contributed by atoms with E-state index in [1.165, 1.54) is 4.90 Å². The van der Waals surface area contributed by atoms with Crippen molar-refractivity contribution < 1.29 is 19.3 Å². The molecule has 0 radical (unpaired) electrons. The maximum atomic E-state index is 12.3. The van der Waals surface area contributed by atoms with Crippen molar-refractivity contribution >= 4 is 35.0 Å². The number of anilines is 1. The van der Waals surface area contributed by atoms with Gasteiger partial charge in [0.25, 0.3) is 5.91 Å². The standard InChI is InChI=1S/C17H23ClN4O3/c1-13(23)22-9-7-21(8-10-22)12-17(25)20(2)11-16(24)19-15-6-4-3-5-14(15)18/h3-6H,7-12H2,1-2H3,(H,19,24)/p+1. The fourth-order valence-corrected chi connectivity index (χ4v) is 2.90. The Labute approximate surface area is 152 Å². The van der Waals surface area contributed by atoms with Gasteiger partial charge in [-0.2, -0.15) is 0 Å². The number of quaternary nitrogens is 1. The molecule has 1 heterocycles. The lowest BCUT2D eigenvalue weighted by molar-refractivity contribution is -0.896. The number of benzene rings is 1. The summed E-state index contributed by atoms with van der Waals surface area (Å²) in [7, 11) is 1.61. The smallest absolute Gasteiger partial charge is 0.277 e. The number of carbonyl (C=O) groups excluding carboxylic acids is 3. The molecule has 2 N–H and O–H groups in total. The Kier molecular flexibility index (Phi) is 6.78. The van der Waals surface area contributed by atoms with Crippen LogP contribution in [0.3, 0.4) is 0 Å². The summed E-state index contributed by atoms with van der Waals surface area (Å²) in [5.74, 6) is -0.320. The molecular formula is C17H24ClN4O3+. The van der Waals surface area contributed by atoms with Crippen molar-refractivity contribution in [3.63, 3.8) is 0 Å². The number of piperazine rings is 1. The lowest BCUT2D eigenvalue weighted by atomic mass is 10.3. The van der Waals surface area contributed by atoms with Crippen LogP contribution >= 0.6 is 11.6 Å². The van der Waals surface area contributed by atoms with E-state index in [-0.39, 0.29) is 24.3 Å². The average Bonchev–Trinajstić information content (AvgIpc) is 2.57. The molecule has 2 rings (SSSR count). The maximum absolute atomic E-state index is 12.3. The van der Waals surface area contributed by atoms with Crippen molar-refractivity contribution in [2.24, 2.45) is 0 Å². The molecule has 136 valence electrons. The summed E-state index contributed by atoms with van der Waals surface area (Å²) in [6, 6.07) is 6.96. The van der Waals surface area contributed by atoms with Gasteiger partial charge in [0.15, 0.2) is 6.54 Å². The molecule has 0 unspecified atom stereocenters. The molecule has 1 aliphatic heterocycles. The van der Waals surface area contributed by atoms with Gasteiger partial charge in [0, 0.05) is 14.0 Å². The van der Waals surface area contributed by atoms with Crippen molar-refractivity contribution in [3.05, 3.63) is 29.3 Å². The quantitative estimate of drug-likeness (QED) is 0.735. The monoisotopic (exact) mass is 367 g/mol.